The van der Waals surface area contributed by atoms with Gasteiger partial charge in [-0.1, -0.05) is 12.1 Å². The van der Waals surface area contributed by atoms with E-state index in [1.807, 2.05) is 43.1 Å². The second-order valence-electron chi connectivity index (χ2n) is 4.84. The summed E-state index contributed by atoms with van der Waals surface area (Å²) in [4.78, 5) is 28.6. The largest absolute Gasteiger partial charge is 0.351 e. The van der Waals surface area contributed by atoms with Gasteiger partial charge >= 0.3 is 6.03 Å². The summed E-state index contributed by atoms with van der Waals surface area (Å²) in [6.07, 6.45) is 0.217. The molecular weight excluding hydrogens is 288 g/mol. The summed E-state index contributed by atoms with van der Waals surface area (Å²) in [6.45, 7) is 2.57. The second-order valence-corrected chi connectivity index (χ2v) is 5.90. The summed E-state index contributed by atoms with van der Waals surface area (Å²) in [5.74, 6) is -0.370. The van der Waals surface area contributed by atoms with Crippen molar-refractivity contribution in [3.8, 4) is 0 Å². The molecule has 0 unspecified atom stereocenters. The Morgan fingerprint density at radius 1 is 1.43 bits per heavy atom. The van der Waals surface area contributed by atoms with E-state index in [4.69, 9.17) is 5.73 Å². The third-order valence-corrected chi connectivity index (χ3v) is 4.49. The number of carbonyl (C=O) groups is 2. The van der Waals surface area contributed by atoms with Crippen LogP contribution >= 0.6 is 11.3 Å². The topological polar surface area (TPSA) is 88.3 Å². The van der Waals surface area contributed by atoms with E-state index >= 15 is 0 Å². The van der Waals surface area contributed by atoms with Crippen molar-refractivity contribution in [3.63, 3.8) is 0 Å². The van der Waals surface area contributed by atoms with E-state index in [0.29, 0.717) is 6.54 Å². The van der Waals surface area contributed by atoms with Crippen molar-refractivity contribution < 1.29 is 9.59 Å². The minimum absolute atomic E-state index is 0.101. The highest BCUT2D eigenvalue weighted by molar-refractivity contribution is 7.18. The lowest BCUT2D eigenvalue weighted by Gasteiger charge is -2.22. The van der Waals surface area contributed by atoms with Gasteiger partial charge in [0.05, 0.1) is 16.3 Å². The number of imide groups is 1. The highest BCUT2D eigenvalue weighted by Crippen LogP contribution is 2.28. The number of hydrogen-bond acceptors (Lipinski definition) is 5. The molecule has 3 amide bonds. The van der Waals surface area contributed by atoms with Crippen molar-refractivity contribution in [2.75, 3.05) is 13.6 Å². The number of benzene rings is 1. The number of rotatable bonds is 5. The Bertz CT molecular complexity index is 622. The zero-order chi connectivity index (χ0) is 15.4. The van der Waals surface area contributed by atoms with Crippen LogP contribution in [0.1, 0.15) is 24.4 Å². The molecular formula is C14H18N4O2S. The van der Waals surface area contributed by atoms with Gasteiger partial charge < -0.3 is 5.73 Å². The first-order chi connectivity index (χ1) is 9.97. The van der Waals surface area contributed by atoms with E-state index in [-0.39, 0.29) is 18.4 Å². The fourth-order valence-corrected chi connectivity index (χ4v) is 3.01. The monoisotopic (exact) mass is 306 g/mol. The smallest absolute Gasteiger partial charge is 0.318 e. The van der Waals surface area contributed by atoms with Crippen molar-refractivity contribution in [3.05, 3.63) is 29.3 Å². The Morgan fingerprint density at radius 2 is 2.14 bits per heavy atom. The molecule has 7 heteroatoms. The Balaban J connectivity index is 1.97. The average molecular weight is 306 g/mol. The summed E-state index contributed by atoms with van der Waals surface area (Å²) >= 11 is 1.65. The molecule has 0 aliphatic carbocycles. The molecule has 6 nitrogen and oxygen atoms in total. The highest BCUT2D eigenvalue weighted by atomic mass is 32.1. The molecule has 0 aliphatic heterocycles. The SMILES string of the molecule is C[C@H](c1nc2ccccc2s1)N(C)CCC(=O)NC(N)=O. The molecule has 2 rings (SSSR count). The van der Waals surface area contributed by atoms with Crippen molar-refractivity contribution in [1.29, 1.82) is 0 Å². The zero-order valence-corrected chi connectivity index (χ0v) is 12.8. The van der Waals surface area contributed by atoms with Crippen LogP contribution in [0.5, 0.6) is 0 Å². The molecule has 0 bridgehead atoms. The fourth-order valence-electron chi connectivity index (χ4n) is 1.93. The maximum absolute atomic E-state index is 11.4. The van der Waals surface area contributed by atoms with Gasteiger partial charge in [0.15, 0.2) is 0 Å². The lowest BCUT2D eigenvalue weighted by molar-refractivity contribution is -0.120. The average Bonchev–Trinajstić information content (AvgIpc) is 2.87. The number of nitrogens with one attached hydrogen (secondary N) is 1. The van der Waals surface area contributed by atoms with E-state index in [9.17, 15) is 9.59 Å². The molecule has 112 valence electrons. The summed E-state index contributed by atoms with van der Waals surface area (Å²) in [7, 11) is 1.92. The molecule has 0 saturated carbocycles. The number of hydrogen-bond donors (Lipinski definition) is 2. The maximum Gasteiger partial charge on any atom is 0.318 e. The van der Waals surface area contributed by atoms with Crippen molar-refractivity contribution in [2.24, 2.45) is 5.73 Å². The van der Waals surface area contributed by atoms with E-state index in [2.05, 4.69) is 10.3 Å². The number of urea groups is 1. The first-order valence-electron chi connectivity index (χ1n) is 6.62. The normalized spacial score (nSPS) is 12.5. The molecule has 2 aromatic rings. The number of fused-ring (bicyclic) bond motifs is 1. The summed E-state index contributed by atoms with van der Waals surface area (Å²) in [5.41, 5.74) is 5.89. The predicted molar refractivity (Wildman–Crippen MR) is 83.0 cm³/mol. The van der Waals surface area contributed by atoms with Crippen molar-refractivity contribution in [2.45, 2.75) is 19.4 Å². The first-order valence-corrected chi connectivity index (χ1v) is 7.44. The summed E-state index contributed by atoms with van der Waals surface area (Å²) in [5, 5.41) is 3.07. The molecule has 1 atom stereocenters. The number of thiazole rings is 1. The van der Waals surface area contributed by atoms with Gasteiger partial charge in [0.2, 0.25) is 5.91 Å². The van der Waals surface area contributed by atoms with Crippen LogP contribution < -0.4 is 11.1 Å². The number of nitrogens with two attached hydrogens (primary N) is 1. The van der Waals surface area contributed by atoms with Crippen LogP contribution in [0.15, 0.2) is 24.3 Å². The maximum atomic E-state index is 11.4. The van der Waals surface area contributed by atoms with Gasteiger partial charge in [-0.3, -0.25) is 15.0 Å². The Hall–Kier alpha value is -1.99. The van der Waals surface area contributed by atoms with E-state index in [1.54, 1.807) is 11.3 Å². The molecule has 0 fully saturated rings. The number of aromatic nitrogens is 1. The van der Waals surface area contributed by atoms with Crippen LogP contribution in [0.2, 0.25) is 0 Å². The third kappa shape index (κ3) is 3.99. The Kier molecular flexibility index (Phi) is 4.87. The van der Waals surface area contributed by atoms with E-state index in [0.717, 1.165) is 15.2 Å². The van der Waals surface area contributed by atoms with Crippen LogP contribution in [0.3, 0.4) is 0 Å². The molecule has 0 spiro atoms. The van der Waals surface area contributed by atoms with Crippen LogP contribution in [-0.4, -0.2) is 35.4 Å². The van der Waals surface area contributed by atoms with Crippen LogP contribution in [0.25, 0.3) is 10.2 Å². The van der Waals surface area contributed by atoms with Gasteiger partial charge in [-0.25, -0.2) is 9.78 Å². The molecule has 1 aromatic heterocycles. The first kappa shape index (κ1) is 15.4. The van der Waals surface area contributed by atoms with E-state index < -0.39 is 6.03 Å². The number of carbonyl (C=O) groups excluding carboxylic acids is 2. The standard InChI is InChI=1S/C14H18N4O2S/c1-9(18(2)8-7-12(19)17-14(15)20)13-16-10-5-3-4-6-11(10)21-13/h3-6,9H,7-8H2,1-2H3,(H3,15,17,19,20)/t9-/m1/s1. The molecule has 1 heterocycles. The van der Waals surface area contributed by atoms with Crippen molar-refractivity contribution >= 4 is 33.5 Å². The highest BCUT2D eigenvalue weighted by Gasteiger charge is 2.17. The van der Waals surface area contributed by atoms with Crippen LogP contribution in [0.4, 0.5) is 4.79 Å². The summed E-state index contributed by atoms with van der Waals surface area (Å²) in [6, 6.07) is 7.28. The number of amides is 3. The predicted octanol–water partition coefficient (Wildman–Crippen LogP) is 1.87. The molecule has 0 saturated heterocycles. The number of primary amides is 1. The molecule has 3 N–H and O–H groups in total. The van der Waals surface area contributed by atoms with Crippen LogP contribution in [0, 0.1) is 0 Å². The van der Waals surface area contributed by atoms with Gasteiger partial charge in [0.1, 0.15) is 5.01 Å². The zero-order valence-electron chi connectivity index (χ0n) is 12.0. The minimum Gasteiger partial charge on any atom is -0.351 e. The van der Waals surface area contributed by atoms with Gasteiger partial charge in [-0.15, -0.1) is 11.3 Å². The van der Waals surface area contributed by atoms with Gasteiger partial charge in [-0.2, -0.15) is 0 Å². The van der Waals surface area contributed by atoms with Crippen molar-refractivity contribution in [1.82, 2.24) is 15.2 Å². The second kappa shape index (κ2) is 6.64. The Morgan fingerprint density at radius 3 is 2.81 bits per heavy atom. The quantitative estimate of drug-likeness (QED) is 0.882. The summed E-state index contributed by atoms with van der Waals surface area (Å²) < 4.78 is 1.15. The van der Waals surface area contributed by atoms with Gasteiger partial charge in [0.25, 0.3) is 0 Å². The van der Waals surface area contributed by atoms with Gasteiger partial charge in [-0.05, 0) is 26.1 Å². The number of nitrogens with zero attached hydrogens (tertiary/aromatic N) is 2. The molecule has 1 aromatic carbocycles. The van der Waals surface area contributed by atoms with E-state index in [1.165, 1.54) is 0 Å². The molecule has 0 aliphatic rings. The molecule has 21 heavy (non-hydrogen) atoms. The number of para-hydroxylation sites is 1. The lowest BCUT2D eigenvalue weighted by Crippen LogP contribution is -2.37. The fraction of sp³-hybridized carbons (Fsp3) is 0.357. The minimum atomic E-state index is -0.818. The lowest BCUT2D eigenvalue weighted by atomic mass is 10.2. The van der Waals surface area contributed by atoms with Crippen LogP contribution in [-0.2, 0) is 4.79 Å². The van der Waals surface area contributed by atoms with Gasteiger partial charge in [0, 0.05) is 13.0 Å². The molecule has 0 radical (unpaired) electrons. The third-order valence-electron chi connectivity index (χ3n) is 3.28. The Labute approximate surface area is 127 Å².